The quantitative estimate of drug-likeness (QED) is 0.615. The molecule has 1 fully saturated rings. The Balaban J connectivity index is 1.49. The van der Waals surface area contributed by atoms with Crippen LogP contribution < -0.4 is 9.64 Å². The van der Waals surface area contributed by atoms with Gasteiger partial charge in [-0.05, 0) is 55.3 Å². The van der Waals surface area contributed by atoms with Crippen LogP contribution in [0, 0.1) is 17.2 Å². The summed E-state index contributed by atoms with van der Waals surface area (Å²) in [6, 6.07) is 13.6. The number of imide groups is 1. The van der Waals surface area contributed by atoms with Crippen LogP contribution in [-0.2, 0) is 0 Å². The Bertz CT molecular complexity index is 1140. The second-order valence-corrected chi connectivity index (χ2v) is 8.78. The Labute approximate surface area is 199 Å². The number of hydrogen-bond acceptors (Lipinski definition) is 6. The predicted octanol–water partition coefficient (Wildman–Crippen LogP) is 3.19. The lowest BCUT2D eigenvalue weighted by Gasteiger charge is -2.38. The molecule has 0 aliphatic carbocycles. The van der Waals surface area contributed by atoms with Crippen molar-refractivity contribution in [2.24, 2.45) is 5.92 Å². The summed E-state index contributed by atoms with van der Waals surface area (Å²) in [6.45, 7) is 8.69. The SMILES string of the molecule is CCOc1ccc(N2C(=O)c3ccc(C(=O)N4CCN(C(C#N)C(C)C)CC4)cc3C2=O)cc1. The molecule has 0 radical (unpaired) electrons. The number of anilines is 1. The summed E-state index contributed by atoms with van der Waals surface area (Å²) in [5.74, 6) is -0.165. The smallest absolute Gasteiger partial charge is 0.266 e. The van der Waals surface area contributed by atoms with E-state index in [9.17, 15) is 19.6 Å². The summed E-state index contributed by atoms with van der Waals surface area (Å²) in [5, 5.41) is 9.44. The van der Waals surface area contributed by atoms with Crippen molar-refractivity contribution >= 4 is 23.4 Å². The lowest BCUT2D eigenvalue weighted by atomic mass is 10.0. The van der Waals surface area contributed by atoms with E-state index < -0.39 is 11.8 Å². The molecule has 34 heavy (non-hydrogen) atoms. The standard InChI is InChI=1S/C26H28N4O4/c1-4-34-20-8-6-19(7-9-20)30-25(32)21-10-5-18(15-22(21)26(30)33)24(31)29-13-11-28(12-14-29)23(16-27)17(2)3/h5-10,15,17,23H,4,11-14H2,1-3H3. The molecule has 0 N–H and O–H groups in total. The molecule has 1 saturated heterocycles. The maximum absolute atomic E-state index is 13.1. The summed E-state index contributed by atoms with van der Waals surface area (Å²) in [7, 11) is 0. The molecule has 4 rings (SSSR count). The molecule has 2 heterocycles. The van der Waals surface area contributed by atoms with Crippen molar-refractivity contribution in [2.45, 2.75) is 26.8 Å². The average Bonchev–Trinajstić information content (AvgIpc) is 3.09. The van der Waals surface area contributed by atoms with Gasteiger partial charge in [0, 0.05) is 31.7 Å². The molecular formula is C26H28N4O4. The third-order valence-corrected chi connectivity index (χ3v) is 6.30. The molecule has 2 aliphatic rings. The number of ether oxygens (including phenoxy) is 1. The maximum atomic E-state index is 13.1. The van der Waals surface area contributed by atoms with E-state index in [2.05, 4.69) is 11.0 Å². The predicted molar refractivity (Wildman–Crippen MR) is 127 cm³/mol. The van der Waals surface area contributed by atoms with Crippen molar-refractivity contribution < 1.29 is 19.1 Å². The molecule has 2 aromatic rings. The lowest BCUT2D eigenvalue weighted by Crippen LogP contribution is -2.52. The molecule has 1 atom stereocenters. The number of benzene rings is 2. The van der Waals surface area contributed by atoms with Crippen molar-refractivity contribution in [3.8, 4) is 11.8 Å². The zero-order valence-corrected chi connectivity index (χ0v) is 19.7. The largest absolute Gasteiger partial charge is 0.494 e. The van der Waals surface area contributed by atoms with Gasteiger partial charge in [0.1, 0.15) is 11.8 Å². The van der Waals surface area contributed by atoms with E-state index in [1.165, 1.54) is 6.07 Å². The molecule has 2 aliphatic heterocycles. The fraction of sp³-hybridized carbons (Fsp3) is 0.385. The highest BCUT2D eigenvalue weighted by atomic mass is 16.5. The number of carbonyl (C=O) groups is 3. The number of carbonyl (C=O) groups excluding carboxylic acids is 3. The van der Waals surface area contributed by atoms with E-state index in [1.807, 2.05) is 20.8 Å². The number of amides is 3. The summed E-state index contributed by atoms with van der Waals surface area (Å²) in [5.41, 5.74) is 1.35. The van der Waals surface area contributed by atoms with Crippen molar-refractivity contribution in [1.29, 1.82) is 5.26 Å². The van der Waals surface area contributed by atoms with Gasteiger partial charge in [0.05, 0.1) is 29.5 Å². The fourth-order valence-electron chi connectivity index (χ4n) is 4.50. The number of rotatable bonds is 6. The Morgan fingerprint density at radius 1 is 1.00 bits per heavy atom. The second kappa shape index (κ2) is 9.65. The highest BCUT2D eigenvalue weighted by Crippen LogP contribution is 2.30. The van der Waals surface area contributed by atoms with Crippen LogP contribution in [0.15, 0.2) is 42.5 Å². The minimum absolute atomic E-state index is 0.172. The fourth-order valence-corrected chi connectivity index (χ4v) is 4.50. The molecule has 0 aromatic heterocycles. The number of nitriles is 1. The van der Waals surface area contributed by atoms with Gasteiger partial charge in [-0.1, -0.05) is 13.8 Å². The minimum Gasteiger partial charge on any atom is -0.494 e. The van der Waals surface area contributed by atoms with Crippen molar-refractivity contribution in [3.05, 3.63) is 59.2 Å². The van der Waals surface area contributed by atoms with E-state index in [4.69, 9.17) is 4.74 Å². The van der Waals surface area contributed by atoms with E-state index in [0.717, 1.165) is 4.90 Å². The zero-order chi connectivity index (χ0) is 24.4. The van der Waals surface area contributed by atoms with E-state index in [0.29, 0.717) is 49.8 Å². The van der Waals surface area contributed by atoms with Crippen LogP contribution in [0.4, 0.5) is 5.69 Å². The van der Waals surface area contributed by atoms with Crippen LogP contribution in [-0.4, -0.2) is 66.3 Å². The first kappa shape index (κ1) is 23.5. The van der Waals surface area contributed by atoms with E-state index >= 15 is 0 Å². The van der Waals surface area contributed by atoms with Crippen LogP contribution in [0.3, 0.4) is 0 Å². The van der Waals surface area contributed by atoms with Gasteiger partial charge in [-0.3, -0.25) is 19.3 Å². The highest BCUT2D eigenvalue weighted by Gasteiger charge is 2.37. The summed E-state index contributed by atoms with van der Waals surface area (Å²) >= 11 is 0. The third-order valence-electron chi connectivity index (χ3n) is 6.30. The summed E-state index contributed by atoms with van der Waals surface area (Å²) in [4.78, 5) is 44.1. The molecule has 0 bridgehead atoms. The molecule has 3 amide bonds. The van der Waals surface area contributed by atoms with Crippen molar-refractivity contribution in [3.63, 3.8) is 0 Å². The van der Waals surface area contributed by atoms with Crippen LogP contribution in [0.1, 0.15) is 51.8 Å². The van der Waals surface area contributed by atoms with Gasteiger partial charge in [-0.15, -0.1) is 0 Å². The molecule has 2 aromatic carbocycles. The molecule has 8 nitrogen and oxygen atoms in total. The second-order valence-electron chi connectivity index (χ2n) is 8.78. The first-order valence-electron chi connectivity index (χ1n) is 11.5. The molecule has 8 heteroatoms. The van der Waals surface area contributed by atoms with Crippen LogP contribution in [0.25, 0.3) is 0 Å². The van der Waals surface area contributed by atoms with Gasteiger partial charge >= 0.3 is 0 Å². The molecule has 0 saturated carbocycles. The Morgan fingerprint density at radius 2 is 1.65 bits per heavy atom. The highest BCUT2D eigenvalue weighted by molar-refractivity contribution is 6.34. The topological polar surface area (TPSA) is 93.9 Å². The Kier molecular flexibility index (Phi) is 6.66. The number of fused-ring (bicyclic) bond motifs is 1. The van der Waals surface area contributed by atoms with Crippen LogP contribution in [0.2, 0.25) is 0 Å². The average molecular weight is 461 g/mol. The monoisotopic (exact) mass is 460 g/mol. The van der Waals surface area contributed by atoms with Crippen molar-refractivity contribution in [2.75, 3.05) is 37.7 Å². The summed E-state index contributed by atoms with van der Waals surface area (Å²) < 4.78 is 5.43. The zero-order valence-electron chi connectivity index (χ0n) is 19.7. The number of nitrogens with zero attached hydrogens (tertiary/aromatic N) is 4. The van der Waals surface area contributed by atoms with Gasteiger partial charge in [-0.25, -0.2) is 4.90 Å². The van der Waals surface area contributed by atoms with Crippen LogP contribution >= 0.6 is 0 Å². The van der Waals surface area contributed by atoms with Gasteiger partial charge in [0.2, 0.25) is 0 Å². The first-order chi connectivity index (χ1) is 16.3. The molecule has 0 spiro atoms. The number of piperazine rings is 1. The molecular weight excluding hydrogens is 432 g/mol. The Hall–Kier alpha value is -3.70. The Morgan fingerprint density at radius 3 is 2.24 bits per heavy atom. The normalized spacial score (nSPS) is 17.0. The van der Waals surface area contributed by atoms with Gasteiger partial charge in [-0.2, -0.15) is 5.26 Å². The van der Waals surface area contributed by atoms with Gasteiger partial charge in [0.15, 0.2) is 0 Å². The minimum atomic E-state index is -0.447. The summed E-state index contributed by atoms with van der Waals surface area (Å²) in [6.07, 6.45) is 0. The van der Waals surface area contributed by atoms with E-state index in [1.54, 1.807) is 41.3 Å². The lowest BCUT2D eigenvalue weighted by molar-refractivity contribution is 0.0576. The third kappa shape index (κ3) is 4.27. The molecule has 176 valence electrons. The van der Waals surface area contributed by atoms with Crippen LogP contribution in [0.5, 0.6) is 5.75 Å². The first-order valence-corrected chi connectivity index (χ1v) is 11.5. The van der Waals surface area contributed by atoms with Gasteiger partial charge in [0.25, 0.3) is 17.7 Å². The maximum Gasteiger partial charge on any atom is 0.266 e. The molecule has 1 unspecified atom stereocenters. The van der Waals surface area contributed by atoms with E-state index in [-0.39, 0.29) is 29.0 Å². The van der Waals surface area contributed by atoms with Gasteiger partial charge < -0.3 is 9.64 Å². The number of hydrogen-bond donors (Lipinski definition) is 0. The van der Waals surface area contributed by atoms with Crippen molar-refractivity contribution in [1.82, 2.24) is 9.80 Å².